The second kappa shape index (κ2) is 12.3. The lowest BCUT2D eigenvalue weighted by Gasteiger charge is -2.36. The summed E-state index contributed by atoms with van der Waals surface area (Å²) in [4.78, 5) is 28.5. The number of ether oxygens (including phenoxy) is 2. The van der Waals surface area contributed by atoms with Gasteiger partial charge in [0, 0.05) is 51.0 Å². The van der Waals surface area contributed by atoms with Crippen molar-refractivity contribution in [2.24, 2.45) is 0 Å². The number of nitrogens with one attached hydrogen (secondary N) is 1. The van der Waals surface area contributed by atoms with E-state index < -0.39 is 21.7 Å². The van der Waals surface area contributed by atoms with Crippen molar-refractivity contribution < 1.29 is 27.5 Å². The molecule has 2 aliphatic heterocycles. The fourth-order valence-corrected chi connectivity index (χ4v) is 6.17. The van der Waals surface area contributed by atoms with Crippen LogP contribution in [0.3, 0.4) is 0 Å². The topological polar surface area (TPSA) is 108 Å². The summed E-state index contributed by atoms with van der Waals surface area (Å²) in [6.45, 7) is 8.40. The number of rotatable bonds is 6. The fraction of sp³-hybridized carbons (Fsp3) is 0.500. The molecule has 2 heterocycles. The molecule has 2 saturated heterocycles. The van der Waals surface area contributed by atoms with Gasteiger partial charge in [0.25, 0.3) is 0 Å². The Morgan fingerprint density at radius 1 is 0.923 bits per heavy atom. The maximum Gasteiger partial charge on any atom is 0.410 e. The molecule has 2 aromatic rings. The number of piperidine rings is 1. The van der Waals surface area contributed by atoms with Crippen LogP contribution in [0.5, 0.6) is 0 Å². The number of piperazine rings is 1. The second-order valence-electron chi connectivity index (χ2n) is 10.8. The number of sulfonamides is 1. The van der Waals surface area contributed by atoms with Crippen molar-refractivity contribution in [1.29, 1.82) is 0 Å². The van der Waals surface area contributed by atoms with E-state index in [0.717, 1.165) is 11.3 Å². The second-order valence-corrected chi connectivity index (χ2v) is 12.8. The standard InChI is InChI=1S/C28H38N4O6S/c1-28(2,3)38-26(33)29-23-12-14-32(15-13-23)39(35,36)25-11-7-10-24(20-25)30-16-18-31(19-17-30)27(34)37-21-22-8-5-4-6-9-22/h4-11,20,23H,12-19,21H2,1-3H3,(H,29,33). The van der Waals surface area contributed by atoms with Crippen molar-refractivity contribution in [2.45, 2.75) is 56.8 Å². The minimum atomic E-state index is -3.68. The summed E-state index contributed by atoms with van der Waals surface area (Å²) < 4.78 is 39.0. The number of benzene rings is 2. The average Bonchev–Trinajstić information content (AvgIpc) is 2.92. The van der Waals surface area contributed by atoms with E-state index in [2.05, 4.69) is 10.2 Å². The highest BCUT2D eigenvalue weighted by Gasteiger charge is 2.31. The molecular weight excluding hydrogens is 520 g/mol. The zero-order chi connectivity index (χ0) is 28.0. The molecule has 0 aromatic heterocycles. The van der Waals surface area contributed by atoms with E-state index in [9.17, 15) is 18.0 Å². The van der Waals surface area contributed by atoms with Gasteiger partial charge in [-0.25, -0.2) is 18.0 Å². The maximum atomic E-state index is 13.4. The number of amides is 2. The lowest BCUT2D eigenvalue weighted by Crippen LogP contribution is -2.49. The van der Waals surface area contributed by atoms with Crippen LogP contribution in [0.25, 0.3) is 0 Å². The Balaban J connectivity index is 1.29. The van der Waals surface area contributed by atoms with Gasteiger partial charge in [-0.15, -0.1) is 0 Å². The highest BCUT2D eigenvalue weighted by molar-refractivity contribution is 7.89. The molecule has 39 heavy (non-hydrogen) atoms. The SMILES string of the molecule is CC(C)(C)OC(=O)NC1CCN(S(=O)(=O)c2cccc(N3CCN(C(=O)OCc4ccccc4)CC3)c2)CC1. The van der Waals surface area contributed by atoms with Crippen molar-refractivity contribution in [3.05, 3.63) is 60.2 Å². The van der Waals surface area contributed by atoms with E-state index in [4.69, 9.17) is 9.47 Å². The Bertz CT molecular complexity index is 1230. The molecule has 212 valence electrons. The van der Waals surface area contributed by atoms with Crippen LogP contribution < -0.4 is 10.2 Å². The van der Waals surface area contributed by atoms with Crippen LogP contribution in [0.2, 0.25) is 0 Å². The summed E-state index contributed by atoms with van der Waals surface area (Å²) in [6.07, 6.45) is 0.196. The van der Waals surface area contributed by atoms with E-state index in [1.54, 1.807) is 43.9 Å². The summed E-state index contributed by atoms with van der Waals surface area (Å²) in [7, 11) is -3.68. The fourth-order valence-electron chi connectivity index (χ4n) is 4.66. The first-order chi connectivity index (χ1) is 18.5. The molecule has 0 spiro atoms. The monoisotopic (exact) mass is 558 g/mol. The Morgan fingerprint density at radius 2 is 1.59 bits per heavy atom. The predicted molar refractivity (Wildman–Crippen MR) is 148 cm³/mol. The highest BCUT2D eigenvalue weighted by atomic mass is 32.2. The molecule has 0 aliphatic carbocycles. The predicted octanol–water partition coefficient (Wildman–Crippen LogP) is 3.82. The molecule has 2 fully saturated rings. The van der Waals surface area contributed by atoms with Gasteiger partial charge in [-0.3, -0.25) is 0 Å². The molecule has 0 bridgehead atoms. The Kier molecular flexibility index (Phi) is 9.01. The molecule has 0 radical (unpaired) electrons. The Morgan fingerprint density at radius 3 is 2.23 bits per heavy atom. The molecule has 0 atom stereocenters. The van der Waals surface area contributed by atoms with Gasteiger partial charge in [-0.1, -0.05) is 36.4 Å². The van der Waals surface area contributed by atoms with Crippen LogP contribution in [-0.4, -0.2) is 80.7 Å². The first kappa shape index (κ1) is 28.7. The number of carbonyl (C=O) groups excluding carboxylic acids is 2. The van der Waals surface area contributed by atoms with Crippen molar-refractivity contribution in [2.75, 3.05) is 44.2 Å². The molecule has 2 amide bonds. The maximum absolute atomic E-state index is 13.4. The quantitative estimate of drug-likeness (QED) is 0.574. The van der Waals surface area contributed by atoms with E-state index in [-0.39, 0.29) is 23.6 Å². The van der Waals surface area contributed by atoms with E-state index in [1.165, 1.54) is 4.31 Å². The van der Waals surface area contributed by atoms with Crippen molar-refractivity contribution in [1.82, 2.24) is 14.5 Å². The Hall–Kier alpha value is -3.31. The molecule has 2 aliphatic rings. The molecule has 1 N–H and O–H groups in total. The normalized spacial score (nSPS) is 17.5. The minimum Gasteiger partial charge on any atom is -0.445 e. The zero-order valence-corrected chi connectivity index (χ0v) is 23.7. The van der Waals surface area contributed by atoms with E-state index in [0.29, 0.717) is 52.1 Å². The van der Waals surface area contributed by atoms with Crippen LogP contribution in [0.1, 0.15) is 39.2 Å². The van der Waals surface area contributed by atoms with Crippen LogP contribution in [0.15, 0.2) is 59.5 Å². The number of nitrogens with zero attached hydrogens (tertiary/aromatic N) is 3. The van der Waals surface area contributed by atoms with Crippen LogP contribution >= 0.6 is 0 Å². The van der Waals surface area contributed by atoms with Gasteiger partial charge in [0.05, 0.1) is 4.90 Å². The van der Waals surface area contributed by atoms with E-state index in [1.807, 2.05) is 36.4 Å². The van der Waals surface area contributed by atoms with E-state index >= 15 is 0 Å². The third-order valence-electron chi connectivity index (χ3n) is 6.74. The number of anilines is 1. The lowest BCUT2D eigenvalue weighted by molar-refractivity contribution is 0.0489. The minimum absolute atomic E-state index is 0.131. The zero-order valence-electron chi connectivity index (χ0n) is 22.8. The number of carbonyl (C=O) groups is 2. The molecule has 0 unspecified atom stereocenters. The van der Waals surface area contributed by atoms with Gasteiger partial charge in [-0.2, -0.15) is 4.31 Å². The lowest BCUT2D eigenvalue weighted by atomic mass is 10.1. The van der Waals surface area contributed by atoms with Gasteiger partial charge in [-0.05, 0) is 57.4 Å². The smallest absolute Gasteiger partial charge is 0.410 e. The third-order valence-corrected chi connectivity index (χ3v) is 8.63. The molecule has 10 nitrogen and oxygen atoms in total. The molecule has 4 rings (SSSR count). The molecule has 0 saturated carbocycles. The summed E-state index contributed by atoms with van der Waals surface area (Å²) in [5.41, 5.74) is 1.15. The summed E-state index contributed by atoms with van der Waals surface area (Å²) in [5.74, 6) is 0. The molecule has 2 aromatic carbocycles. The van der Waals surface area contributed by atoms with Crippen molar-refractivity contribution >= 4 is 27.9 Å². The molecule has 11 heteroatoms. The number of hydrogen-bond acceptors (Lipinski definition) is 7. The summed E-state index contributed by atoms with van der Waals surface area (Å²) >= 11 is 0. The first-order valence-electron chi connectivity index (χ1n) is 13.3. The van der Waals surface area contributed by atoms with Gasteiger partial charge in [0.2, 0.25) is 10.0 Å². The van der Waals surface area contributed by atoms with Crippen molar-refractivity contribution in [3.8, 4) is 0 Å². The van der Waals surface area contributed by atoms with Gasteiger partial charge in [0.15, 0.2) is 0 Å². The summed E-state index contributed by atoms with van der Waals surface area (Å²) in [5, 5.41) is 2.84. The van der Waals surface area contributed by atoms with Gasteiger partial charge in [0.1, 0.15) is 12.2 Å². The van der Waals surface area contributed by atoms with Crippen LogP contribution in [0.4, 0.5) is 15.3 Å². The highest BCUT2D eigenvalue weighted by Crippen LogP contribution is 2.26. The third kappa shape index (κ3) is 7.86. The first-order valence-corrected chi connectivity index (χ1v) is 14.8. The average molecular weight is 559 g/mol. The van der Waals surface area contributed by atoms with Crippen molar-refractivity contribution in [3.63, 3.8) is 0 Å². The number of alkyl carbamates (subject to hydrolysis) is 1. The van der Waals surface area contributed by atoms with Crippen LogP contribution in [0, 0.1) is 0 Å². The largest absolute Gasteiger partial charge is 0.445 e. The Labute approximate surface area is 230 Å². The number of hydrogen-bond donors (Lipinski definition) is 1. The van der Waals surface area contributed by atoms with Gasteiger partial charge >= 0.3 is 12.2 Å². The van der Waals surface area contributed by atoms with Gasteiger partial charge < -0.3 is 24.6 Å². The summed E-state index contributed by atoms with van der Waals surface area (Å²) in [6, 6.07) is 16.4. The van der Waals surface area contributed by atoms with Crippen LogP contribution in [-0.2, 0) is 26.1 Å². The molecular formula is C28H38N4O6S.